The van der Waals surface area contributed by atoms with E-state index in [9.17, 15) is 18.0 Å². The van der Waals surface area contributed by atoms with Gasteiger partial charge in [0.1, 0.15) is 6.04 Å². The monoisotopic (exact) mass is 603 g/mol. The third kappa shape index (κ3) is 8.50. The summed E-state index contributed by atoms with van der Waals surface area (Å²) in [5, 5.41) is 4.20. The van der Waals surface area contributed by atoms with Crippen LogP contribution >= 0.6 is 34.8 Å². The fraction of sp³-hybridized carbons (Fsp3) is 0.481. The lowest BCUT2D eigenvalue weighted by molar-refractivity contribution is -0.141. The first-order valence-corrected chi connectivity index (χ1v) is 15.5. The number of sulfonamides is 1. The van der Waals surface area contributed by atoms with E-state index in [-0.39, 0.29) is 43.8 Å². The van der Waals surface area contributed by atoms with Gasteiger partial charge in [-0.3, -0.25) is 13.9 Å². The summed E-state index contributed by atoms with van der Waals surface area (Å²) < 4.78 is 26.5. The van der Waals surface area contributed by atoms with E-state index in [1.165, 1.54) is 9.21 Å². The summed E-state index contributed by atoms with van der Waals surface area (Å²) in [7, 11) is -3.64. The minimum atomic E-state index is -3.64. The van der Waals surface area contributed by atoms with Crippen LogP contribution in [0, 0.1) is 6.92 Å². The van der Waals surface area contributed by atoms with Gasteiger partial charge in [-0.1, -0.05) is 60.8 Å². The minimum absolute atomic E-state index is 0.0147. The van der Waals surface area contributed by atoms with Gasteiger partial charge in [-0.15, -0.1) is 0 Å². The zero-order valence-corrected chi connectivity index (χ0v) is 25.5. The van der Waals surface area contributed by atoms with Crippen LogP contribution in [0.3, 0.4) is 0 Å². The Labute approximate surface area is 241 Å². The van der Waals surface area contributed by atoms with Gasteiger partial charge in [0, 0.05) is 46.2 Å². The number of rotatable bonds is 13. The Balaban J connectivity index is 2.32. The third-order valence-corrected chi connectivity index (χ3v) is 8.73. The van der Waals surface area contributed by atoms with E-state index in [4.69, 9.17) is 34.8 Å². The van der Waals surface area contributed by atoms with E-state index in [2.05, 4.69) is 5.32 Å². The van der Waals surface area contributed by atoms with Crippen LogP contribution in [0.25, 0.3) is 0 Å². The molecule has 7 nitrogen and oxygen atoms in total. The van der Waals surface area contributed by atoms with Crippen LogP contribution in [0.15, 0.2) is 36.4 Å². The highest BCUT2D eigenvalue weighted by Gasteiger charge is 2.30. The zero-order chi connectivity index (χ0) is 28.6. The van der Waals surface area contributed by atoms with Crippen molar-refractivity contribution in [1.29, 1.82) is 0 Å². The summed E-state index contributed by atoms with van der Waals surface area (Å²) in [6.45, 7) is 7.57. The molecular weight excluding hydrogens is 569 g/mol. The number of hydrogen-bond acceptors (Lipinski definition) is 4. The lowest BCUT2D eigenvalue weighted by Gasteiger charge is -2.32. The van der Waals surface area contributed by atoms with Crippen molar-refractivity contribution in [3.8, 4) is 0 Å². The molecule has 2 amide bonds. The maximum Gasteiger partial charge on any atom is 0.243 e. The molecule has 0 aliphatic heterocycles. The van der Waals surface area contributed by atoms with Crippen molar-refractivity contribution >= 4 is 62.3 Å². The molecular formula is C27H36Cl3N3O4S. The average Bonchev–Trinajstić information content (AvgIpc) is 2.84. The van der Waals surface area contributed by atoms with E-state index in [0.29, 0.717) is 38.3 Å². The molecule has 2 unspecified atom stereocenters. The molecule has 2 aromatic carbocycles. The van der Waals surface area contributed by atoms with Crippen molar-refractivity contribution in [2.45, 2.75) is 72.0 Å². The van der Waals surface area contributed by atoms with Gasteiger partial charge in [-0.05, 0) is 62.9 Å². The lowest BCUT2D eigenvalue weighted by atomic mass is 10.1. The fourth-order valence-electron chi connectivity index (χ4n) is 4.06. The number of carbonyl (C=O) groups is 2. The Morgan fingerprint density at radius 3 is 2.11 bits per heavy atom. The first-order valence-electron chi connectivity index (χ1n) is 12.6. The van der Waals surface area contributed by atoms with Crippen molar-refractivity contribution in [2.75, 3.05) is 17.1 Å². The molecule has 38 heavy (non-hydrogen) atoms. The molecule has 2 atom stereocenters. The molecule has 2 rings (SSSR count). The largest absolute Gasteiger partial charge is 0.352 e. The second-order valence-corrected chi connectivity index (χ2v) is 12.4. The van der Waals surface area contributed by atoms with Gasteiger partial charge in [0.15, 0.2) is 0 Å². The zero-order valence-electron chi connectivity index (χ0n) is 22.4. The SMILES string of the molecule is CCC(C)NC(=O)C(CC)N(Cc1c(Cl)cccc1Cl)C(=O)CCCN(c1cccc(Cl)c1C)S(C)(=O)=O. The Morgan fingerprint density at radius 1 is 0.974 bits per heavy atom. The molecule has 2 aromatic rings. The van der Waals surface area contributed by atoms with Crippen molar-refractivity contribution in [2.24, 2.45) is 0 Å². The molecule has 0 aliphatic rings. The first kappa shape index (κ1) is 32.2. The van der Waals surface area contributed by atoms with Crippen LogP contribution in [-0.2, 0) is 26.2 Å². The fourth-order valence-corrected chi connectivity index (χ4v) is 5.77. The van der Waals surface area contributed by atoms with Gasteiger partial charge < -0.3 is 10.2 Å². The maximum atomic E-state index is 13.6. The van der Waals surface area contributed by atoms with Crippen molar-refractivity contribution in [1.82, 2.24) is 10.2 Å². The Morgan fingerprint density at radius 2 is 1.55 bits per heavy atom. The van der Waals surface area contributed by atoms with E-state index in [1.807, 2.05) is 20.8 Å². The van der Waals surface area contributed by atoms with Gasteiger partial charge in [-0.2, -0.15) is 0 Å². The van der Waals surface area contributed by atoms with Crippen molar-refractivity contribution < 1.29 is 18.0 Å². The molecule has 0 spiro atoms. The predicted molar refractivity (Wildman–Crippen MR) is 157 cm³/mol. The second kappa shape index (κ2) is 14.4. The summed E-state index contributed by atoms with van der Waals surface area (Å²) in [6.07, 6.45) is 2.49. The van der Waals surface area contributed by atoms with Gasteiger partial charge in [-0.25, -0.2) is 8.42 Å². The third-order valence-electron chi connectivity index (χ3n) is 6.44. The van der Waals surface area contributed by atoms with E-state index < -0.39 is 16.1 Å². The average molecular weight is 605 g/mol. The molecule has 0 saturated heterocycles. The number of amides is 2. The summed E-state index contributed by atoms with van der Waals surface area (Å²) in [5.74, 6) is -0.561. The van der Waals surface area contributed by atoms with Crippen molar-refractivity contribution in [3.63, 3.8) is 0 Å². The van der Waals surface area contributed by atoms with Gasteiger partial charge in [0.05, 0.1) is 11.9 Å². The number of benzene rings is 2. The van der Waals surface area contributed by atoms with E-state index in [1.54, 1.807) is 43.3 Å². The summed E-state index contributed by atoms with van der Waals surface area (Å²) in [6, 6.07) is 9.34. The number of hydrogen-bond donors (Lipinski definition) is 1. The molecule has 0 aromatic heterocycles. The second-order valence-electron chi connectivity index (χ2n) is 9.29. The van der Waals surface area contributed by atoms with Crippen molar-refractivity contribution in [3.05, 3.63) is 62.6 Å². The highest BCUT2D eigenvalue weighted by atomic mass is 35.5. The van der Waals surface area contributed by atoms with Gasteiger partial charge in [0.2, 0.25) is 21.8 Å². The summed E-state index contributed by atoms with van der Waals surface area (Å²) in [4.78, 5) is 28.2. The number of halogens is 3. The van der Waals surface area contributed by atoms with E-state index >= 15 is 0 Å². The van der Waals surface area contributed by atoms with Crippen LogP contribution in [0.2, 0.25) is 15.1 Å². The van der Waals surface area contributed by atoms with Crippen LogP contribution in [-0.4, -0.2) is 50.0 Å². The molecule has 11 heteroatoms. The normalized spacial score (nSPS) is 13.1. The molecule has 0 heterocycles. The van der Waals surface area contributed by atoms with Crippen LogP contribution in [0.1, 0.15) is 57.6 Å². The topological polar surface area (TPSA) is 86.8 Å². The number of anilines is 1. The summed E-state index contributed by atoms with van der Waals surface area (Å²) in [5.41, 5.74) is 1.64. The quantitative estimate of drug-likeness (QED) is 0.294. The standard InChI is InChI=1S/C27H36Cl3N3O4S/c1-6-18(3)31-27(35)24(7-2)32(17-20-22(29)12-8-13-23(20)30)26(34)15-10-16-33(38(5,36)37)25-14-9-11-21(28)19(25)4/h8-9,11-14,18,24H,6-7,10,15-17H2,1-5H3,(H,31,35). The van der Waals surface area contributed by atoms with Gasteiger partial charge in [0.25, 0.3) is 0 Å². The summed E-state index contributed by atoms with van der Waals surface area (Å²) >= 11 is 19.0. The van der Waals surface area contributed by atoms with Crippen LogP contribution in [0.5, 0.6) is 0 Å². The maximum absolute atomic E-state index is 13.6. The molecule has 0 radical (unpaired) electrons. The van der Waals surface area contributed by atoms with Gasteiger partial charge >= 0.3 is 0 Å². The molecule has 210 valence electrons. The van der Waals surface area contributed by atoms with Crippen LogP contribution in [0.4, 0.5) is 5.69 Å². The Kier molecular flexibility index (Phi) is 12.2. The molecule has 0 aliphatic carbocycles. The molecule has 0 fully saturated rings. The highest BCUT2D eigenvalue weighted by molar-refractivity contribution is 7.92. The molecule has 1 N–H and O–H groups in total. The smallest absolute Gasteiger partial charge is 0.243 e. The first-order chi connectivity index (χ1) is 17.8. The number of carbonyl (C=O) groups excluding carboxylic acids is 2. The predicted octanol–water partition coefficient (Wildman–Crippen LogP) is 6.22. The van der Waals surface area contributed by atoms with Crippen LogP contribution < -0.4 is 9.62 Å². The lowest BCUT2D eigenvalue weighted by Crippen LogP contribution is -2.50. The molecule has 0 saturated carbocycles. The molecule has 0 bridgehead atoms. The Hall–Kier alpha value is -2.00. The highest BCUT2D eigenvalue weighted by Crippen LogP contribution is 2.30. The minimum Gasteiger partial charge on any atom is -0.352 e. The number of nitrogens with zero attached hydrogens (tertiary/aromatic N) is 2. The Bertz CT molecular complexity index is 1220. The number of nitrogens with one attached hydrogen (secondary N) is 1. The van der Waals surface area contributed by atoms with E-state index in [0.717, 1.165) is 12.7 Å².